The fraction of sp³-hybridized carbons (Fsp3) is 0.0909. The van der Waals surface area contributed by atoms with Crippen molar-refractivity contribution in [3.8, 4) is 0 Å². The summed E-state index contributed by atoms with van der Waals surface area (Å²) in [5.41, 5.74) is 3.02. The molecule has 0 amide bonds. The molecule has 0 radical (unpaired) electrons. The van der Waals surface area contributed by atoms with Crippen molar-refractivity contribution < 1.29 is 4.39 Å². The molecule has 1 heterocycles. The molecular weight excluding hydrogens is 301 g/mol. The smallest absolute Gasteiger partial charge is 0.145 e. The van der Waals surface area contributed by atoms with Crippen molar-refractivity contribution in [2.24, 2.45) is 5.84 Å². The van der Waals surface area contributed by atoms with Crippen LogP contribution in [-0.4, -0.2) is 9.97 Å². The Morgan fingerprint density at radius 3 is 2.67 bits per heavy atom. The third kappa shape index (κ3) is 2.93. The largest absolute Gasteiger partial charge is 0.339 e. The first-order valence-electron chi connectivity index (χ1n) is 5.13. The molecule has 0 saturated carbocycles. The van der Waals surface area contributed by atoms with Crippen LogP contribution in [0.1, 0.15) is 5.82 Å². The number of nitrogens with one attached hydrogen (secondary N) is 2. The predicted octanol–water partition coefficient (Wildman–Crippen LogP) is 2.72. The number of hydrogen-bond acceptors (Lipinski definition) is 5. The number of benzene rings is 1. The van der Waals surface area contributed by atoms with Crippen LogP contribution in [0.15, 0.2) is 28.7 Å². The third-order valence-corrected chi connectivity index (χ3v) is 2.87. The normalized spacial score (nSPS) is 10.2. The lowest BCUT2D eigenvalue weighted by atomic mass is 10.3. The number of halogens is 2. The van der Waals surface area contributed by atoms with Gasteiger partial charge in [0.15, 0.2) is 0 Å². The highest BCUT2D eigenvalue weighted by atomic mass is 79.9. The molecule has 94 valence electrons. The van der Waals surface area contributed by atoms with E-state index in [2.05, 4.69) is 36.6 Å². The molecule has 0 aliphatic heterocycles. The van der Waals surface area contributed by atoms with E-state index in [1.165, 1.54) is 12.1 Å². The lowest BCUT2D eigenvalue weighted by Crippen LogP contribution is -2.10. The average molecular weight is 312 g/mol. The molecule has 0 fully saturated rings. The van der Waals surface area contributed by atoms with Crippen LogP contribution in [0.2, 0.25) is 0 Å². The Bertz CT molecular complexity index is 575. The van der Waals surface area contributed by atoms with Crippen LogP contribution < -0.4 is 16.6 Å². The van der Waals surface area contributed by atoms with E-state index in [4.69, 9.17) is 5.84 Å². The summed E-state index contributed by atoms with van der Waals surface area (Å²) in [6.45, 7) is 1.74. The summed E-state index contributed by atoms with van der Waals surface area (Å²) in [7, 11) is 0. The van der Waals surface area contributed by atoms with Gasteiger partial charge < -0.3 is 10.7 Å². The topological polar surface area (TPSA) is 75.9 Å². The molecule has 4 N–H and O–H groups in total. The predicted molar refractivity (Wildman–Crippen MR) is 72.0 cm³/mol. The minimum Gasteiger partial charge on any atom is -0.339 e. The van der Waals surface area contributed by atoms with E-state index >= 15 is 0 Å². The van der Waals surface area contributed by atoms with Gasteiger partial charge in [-0.15, -0.1) is 0 Å². The van der Waals surface area contributed by atoms with Gasteiger partial charge in [-0.25, -0.2) is 20.2 Å². The zero-order valence-electron chi connectivity index (χ0n) is 9.54. The molecule has 1 aromatic heterocycles. The molecule has 18 heavy (non-hydrogen) atoms. The number of nitrogen functional groups attached to an aromatic ring is 1. The summed E-state index contributed by atoms with van der Waals surface area (Å²) in [5.74, 6) is 6.54. The molecule has 0 atom stereocenters. The molecule has 0 unspecified atom stereocenters. The van der Waals surface area contributed by atoms with Crippen LogP contribution in [0, 0.1) is 12.7 Å². The third-order valence-electron chi connectivity index (χ3n) is 2.18. The minimum atomic E-state index is -0.330. The SMILES string of the molecule is Cc1nc(NN)cc(Nc2cc(F)ccc2Br)n1. The van der Waals surface area contributed by atoms with Crippen LogP contribution in [0.25, 0.3) is 0 Å². The lowest BCUT2D eigenvalue weighted by Gasteiger charge is -2.09. The van der Waals surface area contributed by atoms with E-state index < -0.39 is 0 Å². The quantitative estimate of drug-likeness (QED) is 0.600. The van der Waals surface area contributed by atoms with Gasteiger partial charge in [-0.1, -0.05) is 0 Å². The molecule has 0 bridgehead atoms. The summed E-state index contributed by atoms with van der Waals surface area (Å²) in [4.78, 5) is 8.25. The number of hydrogen-bond donors (Lipinski definition) is 3. The first kappa shape index (κ1) is 12.7. The van der Waals surface area contributed by atoms with E-state index in [-0.39, 0.29) is 5.82 Å². The van der Waals surface area contributed by atoms with Gasteiger partial charge in [0.1, 0.15) is 23.3 Å². The first-order chi connectivity index (χ1) is 8.58. The van der Waals surface area contributed by atoms with Gasteiger partial charge in [0.2, 0.25) is 0 Å². The first-order valence-corrected chi connectivity index (χ1v) is 5.92. The molecule has 2 aromatic rings. The molecule has 0 aliphatic rings. The Hall–Kier alpha value is -1.73. The maximum absolute atomic E-state index is 13.1. The maximum Gasteiger partial charge on any atom is 0.145 e. The lowest BCUT2D eigenvalue weighted by molar-refractivity contribution is 0.628. The fourth-order valence-corrected chi connectivity index (χ4v) is 1.78. The van der Waals surface area contributed by atoms with Gasteiger partial charge in [-0.05, 0) is 41.1 Å². The number of aryl methyl sites for hydroxylation is 1. The Morgan fingerprint density at radius 2 is 1.94 bits per heavy atom. The molecule has 0 aliphatic carbocycles. The monoisotopic (exact) mass is 311 g/mol. The molecule has 2 rings (SSSR count). The molecule has 1 aromatic carbocycles. The summed E-state index contributed by atoms with van der Waals surface area (Å²) < 4.78 is 13.9. The molecular formula is C11H11BrFN5. The summed E-state index contributed by atoms with van der Waals surface area (Å²) in [5, 5.41) is 3.00. The van der Waals surface area contributed by atoms with E-state index in [9.17, 15) is 4.39 Å². The van der Waals surface area contributed by atoms with Gasteiger partial charge in [0.25, 0.3) is 0 Å². The number of aromatic nitrogens is 2. The van der Waals surface area contributed by atoms with Gasteiger partial charge in [0.05, 0.1) is 5.69 Å². The van der Waals surface area contributed by atoms with Crippen molar-refractivity contribution in [3.05, 3.63) is 40.4 Å². The minimum absolute atomic E-state index is 0.330. The second-order valence-electron chi connectivity index (χ2n) is 3.58. The summed E-state index contributed by atoms with van der Waals surface area (Å²) in [6, 6.07) is 5.99. The van der Waals surface area contributed by atoms with E-state index in [0.717, 1.165) is 4.47 Å². The van der Waals surface area contributed by atoms with Crippen molar-refractivity contribution in [2.75, 3.05) is 10.7 Å². The van der Waals surface area contributed by atoms with Crippen LogP contribution in [0.4, 0.5) is 21.7 Å². The van der Waals surface area contributed by atoms with Crippen LogP contribution in [0.3, 0.4) is 0 Å². The Morgan fingerprint density at radius 1 is 1.22 bits per heavy atom. The van der Waals surface area contributed by atoms with Crippen LogP contribution in [-0.2, 0) is 0 Å². The van der Waals surface area contributed by atoms with Gasteiger partial charge in [-0.3, -0.25) is 0 Å². The fourth-order valence-electron chi connectivity index (χ4n) is 1.44. The average Bonchev–Trinajstić information content (AvgIpc) is 2.33. The number of anilines is 3. The zero-order valence-corrected chi connectivity index (χ0v) is 11.1. The van der Waals surface area contributed by atoms with Crippen LogP contribution in [0.5, 0.6) is 0 Å². The summed E-state index contributed by atoms with van der Waals surface area (Å²) in [6.07, 6.45) is 0. The zero-order chi connectivity index (χ0) is 13.1. The Balaban J connectivity index is 2.33. The van der Waals surface area contributed by atoms with E-state index in [1.54, 1.807) is 19.1 Å². The molecule has 5 nitrogen and oxygen atoms in total. The number of rotatable bonds is 3. The standard InChI is InChI=1S/C11H11BrFN5/c1-6-15-10(5-11(16-6)18-14)17-9-4-7(13)2-3-8(9)12/h2-5H,14H2,1H3,(H2,15,16,17,18). The van der Waals surface area contributed by atoms with E-state index in [0.29, 0.717) is 23.1 Å². The molecule has 0 spiro atoms. The highest BCUT2D eigenvalue weighted by Crippen LogP contribution is 2.26. The van der Waals surface area contributed by atoms with Crippen molar-refractivity contribution in [1.82, 2.24) is 9.97 Å². The van der Waals surface area contributed by atoms with Gasteiger partial charge in [-0.2, -0.15) is 0 Å². The number of hydrazine groups is 1. The van der Waals surface area contributed by atoms with Crippen molar-refractivity contribution in [2.45, 2.75) is 6.92 Å². The second kappa shape index (κ2) is 5.28. The highest BCUT2D eigenvalue weighted by Gasteiger charge is 2.05. The Labute approximate surface area is 112 Å². The van der Waals surface area contributed by atoms with E-state index in [1.807, 2.05) is 0 Å². The van der Waals surface area contributed by atoms with Gasteiger partial charge in [0, 0.05) is 10.5 Å². The van der Waals surface area contributed by atoms with Crippen molar-refractivity contribution >= 4 is 33.3 Å². The number of nitrogens with zero attached hydrogens (tertiary/aromatic N) is 2. The second-order valence-corrected chi connectivity index (χ2v) is 4.43. The Kier molecular flexibility index (Phi) is 3.73. The highest BCUT2D eigenvalue weighted by molar-refractivity contribution is 9.10. The maximum atomic E-state index is 13.1. The molecule has 7 heteroatoms. The number of nitrogens with two attached hydrogens (primary N) is 1. The van der Waals surface area contributed by atoms with Crippen molar-refractivity contribution in [3.63, 3.8) is 0 Å². The van der Waals surface area contributed by atoms with Crippen LogP contribution >= 0.6 is 15.9 Å². The molecule has 0 saturated heterocycles. The summed E-state index contributed by atoms with van der Waals surface area (Å²) >= 11 is 3.33. The van der Waals surface area contributed by atoms with Crippen molar-refractivity contribution in [1.29, 1.82) is 0 Å². The van der Waals surface area contributed by atoms with Gasteiger partial charge >= 0.3 is 0 Å².